The van der Waals surface area contributed by atoms with Crippen LogP contribution in [0.1, 0.15) is 55.4 Å². The van der Waals surface area contributed by atoms with Crippen LogP contribution in [0.3, 0.4) is 0 Å². The summed E-state index contributed by atoms with van der Waals surface area (Å²) in [6, 6.07) is 13.8. The summed E-state index contributed by atoms with van der Waals surface area (Å²) in [7, 11) is 2.12. The second kappa shape index (κ2) is 8.19. The van der Waals surface area contributed by atoms with Crippen LogP contribution in [0.5, 0.6) is 0 Å². The number of aromatic nitrogens is 1. The first-order valence-electron chi connectivity index (χ1n) is 11.0. The molecule has 0 radical (unpaired) electrons. The van der Waals surface area contributed by atoms with Crippen LogP contribution in [0.25, 0.3) is 5.57 Å². The number of likely N-dealkylation sites (N-methyl/N-ethyl adjacent to an activating group) is 1. The van der Waals surface area contributed by atoms with Gasteiger partial charge in [0.25, 0.3) is 0 Å². The van der Waals surface area contributed by atoms with Crippen molar-refractivity contribution in [3.63, 3.8) is 0 Å². The molecule has 1 fully saturated rings. The first-order chi connectivity index (χ1) is 15.8. The SMILES string of the molecule is CC1=CC(C)(C)N(C)c2cc(Cl)c(C3C(c4ccccn4)NC(=S)N3Cc3ccco3)cc21. The highest BCUT2D eigenvalue weighted by atomic mass is 35.5. The van der Waals surface area contributed by atoms with Gasteiger partial charge in [-0.2, -0.15) is 0 Å². The minimum absolute atomic E-state index is 0.0831. The average molecular weight is 479 g/mol. The number of hydrogen-bond donors (Lipinski definition) is 1. The number of pyridine rings is 1. The van der Waals surface area contributed by atoms with Crippen LogP contribution in [-0.2, 0) is 6.54 Å². The van der Waals surface area contributed by atoms with Crippen LogP contribution in [0.15, 0.2) is 65.4 Å². The number of rotatable bonds is 4. The van der Waals surface area contributed by atoms with Crippen molar-refractivity contribution in [2.75, 3.05) is 11.9 Å². The molecule has 2 aliphatic rings. The van der Waals surface area contributed by atoms with Crippen molar-refractivity contribution in [1.82, 2.24) is 15.2 Å². The second-order valence-electron chi connectivity index (χ2n) is 9.26. The summed E-state index contributed by atoms with van der Waals surface area (Å²) < 4.78 is 5.65. The number of thiocarbonyl (C=S) groups is 1. The van der Waals surface area contributed by atoms with Gasteiger partial charge in [0.15, 0.2) is 5.11 Å². The molecule has 4 heterocycles. The van der Waals surface area contributed by atoms with Crippen LogP contribution in [0.2, 0.25) is 5.02 Å². The van der Waals surface area contributed by atoms with Gasteiger partial charge in [0.1, 0.15) is 5.76 Å². The summed E-state index contributed by atoms with van der Waals surface area (Å²) >= 11 is 12.8. The fourth-order valence-corrected chi connectivity index (χ4v) is 5.47. The smallest absolute Gasteiger partial charge is 0.170 e. The Morgan fingerprint density at radius 2 is 2.03 bits per heavy atom. The summed E-state index contributed by atoms with van der Waals surface area (Å²) in [6.07, 6.45) is 5.80. The van der Waals surface area contributed by atoms with E-state index in [1.807, 2.05) is 36.5 Å². The van der Waals surface area contributed by atoms with E-state index in [1.165, 1.54) is 11.1 Å². The highest BCUT2D eigenvalue weighted by Crippen LogP contribution is 2.47. The second-order valence-corrected chi connectivity index (χ2v) is 10.1. The number of anilines is 1. The molecule has 2 aromatic heterocycles. The van der Waals surface area contributed by atoms with Crippen molar-refractivity contribution < 1.29 is 4.42 Å². The van der Waals surface area contributed by atoms with Crippen molar-refractivity contribution in [2.24, 2.45) is 0 Å². The third-order valence-corrected chi connectivity index (χ3v) is 7.44. The standard InChI is InChI=1S/C26H27ClN4OS/c1-16-14-26(2,3)30(4)22-13-20(27)19(12-18(16)22)24-23(21-9-5-6-10-28-21)29-25(33)31(24)15-17-8-7-11-32-17/h5-14,23-24H,15H2,1-4H3,(H,29,33). The minimum Gasteiger partial charge on any atom is -0.467 e. The van der Waals surface area contributed by atoms with Gasteiger partial charge < -0.3 is 19.5 Å². The Morgan fingerprint density at radius 3 is 2.73 bits per heavy atom. The molecule has 7 heteroatoms. The number of benzene rings is 1. The molecule has 0 aliphatic carbocycles. The van der Waals surface area contributed by atoms with E-state index in [0.717, 1.165) is 22.7 Å². The fourth-order valence-electron chi connectivity index (χ4n) is 4.90. The normalized spacial score (nSPS) is 21.6. The van der Waals surface area contributed by atoms with Crippen molar-refractivity contribution >= 4 is 40.2 Å². The maximum absolute atomic E-state index is 7.01. The number of furan rings is 1. The van der Waals surface area contributed by atoms with Crippen LogP contribution < -0.4 is 10.2 Å². The van der Waals surface area contributed by atoms with Crippen molar-refractivity contribution in [1.29, 1.82) is 0 Å². The Morgan fingerprint density at radius 1 is 1.21 bits per heavy atom. The van der Waals surface area contributed by atoms with E-state index in [4.69, 9.17) is 28.2 Å². The lowest BCUT2D eigenvalue weighted by molar-refractivity contribution is 0.287. The summed E-state index contributed by atoms with van der Waals surface area (Å²) in [4.78, 5) is 9.06. The van der Waals surface area contributed by atoms with Crippen molar-refractivity contribution in [3.8, 4) is 0 Å². The third-order valence-electron chi connectivity index (χ3n) is 6.76. The lowest BCUT2D eigenvalue weighted by Gasteiger charge is -2.41. The number of nitrogens with one attached hydrogen (secondary N) is 1. The number of allylic oxidation sites excluding steroid dienone is 1. The van der Waals surface area contributed by atoms with Crippen molar-refractivity contribution in [3.05, 3.63) is 88.6 Å². The molecule has 33 heavy (non-hydrogen) atoms. The molecule has 170 valence electrons. The molecule has 0 bridgehead atoms. The van der Waals surface area contributed by atoms with Crippen LogP contribution >= 0.6 is 23.8 Å². The number of halogens is 1. The Balaban J connectivity index is 1.65. The van der Waals surface area contributed by atoms with Gasteiger partial charge in [-0.05, 0) is 80.5 Å². The molecule has 3 aromatic rings. The minimum atomic E-state index is -0.136. The van der Waals surface area contributed by atoms with E-state index in [2.05, 4.69) is 66.1 Å². The third kappa shape index (κ3) is 3.81. The predicted octanol–water partition coefficient (Wildman–Crippen LogP) is 6.13. The zero-order valence-corrected chi connectivity index (χ0v) is 20.7. The molecule has 5 rings (SSSR count). The van der Waals surface area contributed by atoms with Gasteiger partial charge >= 0.3 is 0 Å². The summed E-state index contributed by atoms with van der Waals surface area (Å²) in [5, 5.41) is 4.87. The summed E-state index contributed by atoms with van der Waals surface area (Å²) in [6.45, 7) is 7.13. The zero-order chi connectivity index (χ0) is 23.3. The van der Waals surface area contributed by atoms with E-state index >= 15 is 0 Å². The molecule has 0 saturated carbocycles. The van der Waals surface area contributed by atoms with E-state index < -0.39 is 0 Å². The van der Waals surface area contributed by atoms with Gasteiger partial charge in [-0.25, -0.2) is 0 Å². The monoisotopic (exact) mass is 478 g/mol. The molecular formula is C26H27ClN4OS. The molecule has 2 atom stereocenters. The molecule has 0 amide bonds. The molecule has 0 spiro atoms. The number of hydrogen-bond acceptors (Lipinski definition) is 4. The van der Waals surface area contributed by atoms with Crippen LogP contribution in [-0.4, -0.2) is 27.6 Å². The maximum Gasteiger partial charge on any atom is 0.170 e. The van der Waals surface area contributed by atoms with E-state index in [-0.39, 0.29) is 17.6 Å². The molecule has 2 aliphatic heterocycles. The van der Waals surface area contributed by atoms with E-state index in [0.29, 0.717) is 16.7 Å². The maximum atomic E-state index is 7.01. The quantitative estimate of drug-likeness (QED) is 0.455. The first kappa shape index (κ1) is 22.0. The Labute approximate surface area is 205 Å². The Hall–Kier alpha value is -2.83. The summed E-state index contributed by atoms with van der Waals surface area (Å²) in [5.41, 5.74) is 5.42. The number of fused-ring (bicyclic) bond motifs is 1. The zero-order valence-electron chi connectivity index (χ0n) is 19.2. The van der Waals surface area contributed by atoms with Gasteiger partial charge in [0.2, 0.25) is 0 Å². The van der Waals surface area contributed by atoms with Gasteiger partial charge in [-0.15, -0.1) is 0 Å². The molecule has 1 aromatic carbocycles. The first-order valence-corrected chi connectivity index (χ1v) is 11.8. The fraction of sp³-hybridized carbons (Fsp3) is 0.308. The Kier molecular flexibility index (Phi) is 5.46. The van der Waals surface area contributed by atoms with Gasteiger partial charge in [-0.3, -0.25) is 4.98 Å². The molecule has 1 saturated heterocycles. The van der Waals surface area contributed by atoms with Crippen molar-refractivity contribution in [2.45, 2.75) is 44.9 Å². The molecule has 2 unspecified atom stereocenters. The topological polar surface area (TPSA) is 44.5 Å². The Bertz CT molecular complexity index is 1220. The highest BCUT2D eigenvalue weighted by molar-refractivity contribution is 7.80. The predicted molar refractivity (Wildman–Crippen MR) is 137 cm³/mol. The molecular weight excluding hydrogens is 452 g/mol. The lowest BCUT2D eigenvalue weighted by atomic mass is 9.86. The summed E-state index contributed by atoms with van der Waals surface area (Å²) in [5.74, 6) is 0.845. The largest absolute Gasteiger partial charge is 0.467 e. The molecule has 1 N–H and O–H groups in total. The van der Waals surface area contributed by atoms with Crippen LogP contribution in [0, 0.1) is 0 Å². The molecule has 5 nitrogen and oxygen atoms in total. The average Bonchev–Trinajstić information content (AvgIpc) is 3.41. The lowest BCUT2D eigenvalue weighted by Crippen LogP contribution is -2.42. The van der Waals surface area contributed by atoms with Gasteiger partial charge in [0.05, 0.1) is 36.1 Å². The van der Waals surface area contributed by atoms with Gasteiger partial charge in [-0.1, -0.05) is 23.7 Å². The van der Waals surface area contributed by atoms with Crippen LogP contribution in [0.4, 0.5) is 5.69 Å². The van der Waals surface area contributed by atoms with E-state index in [9.17, 15) is 0 Å². The van der Waals surface area contributed by atoms with E-state index in [1.54, 1.807) is 6.26 Å². The number of nitrogens with zero attached hydrogens (tertiary/aromatic N) is 3. The van der Waals surface area contributed by atoms with Gasteiger partial charge in [0, 0.05) is 29.5 Å². The highest BCUT2D eigenvalue weighted by Gasteiger charge is 2.42.